The fourth-order valence-electron chi connectivity index (χ4n) is 4.21. The first-order chi connectivity index (χ1) is 15.4. The van der Waals surface area contributed by atoms with E-state index in [0.717, 1.165) is 38.8 Å². The second kappa shape index (κ2) is 9.12. The maximum Gasteiger partial charge on any atom is 0.267 e. The quantitative estimate of drug-likeness (QED) is 0.544. The van der Waals surface area contributed by atoms with Crippen molar-refractivity contribution in [2.24, 2.45) is 0 Å². The average Bonchev–Trinajstić information content (AvgIpc) is 2.95. The molecule has 0 saturated carbocycles. The average molecular weight is 456 g/mol. The number of hydrogen-bond acceptors (Lipinski definition) is 7. The summed E-state index contributed by atoms with van der Waals surface area (Å²) in [7, 11) is -3.18. The summed E-state index contributed by atoms with van der Waals surface area (Å²) in [4.78, 5) is 32.8. The van der Waals surface area contributed by atoms with Gasteiger partial charge in [0.1, 0.15) is 23.1 Å². The summed E-state index contributed by atoms with van der Waals surface area (Å²) in [6, 6.07) is 6.59. The van der Waals surface area contributed by atoms with Gasteiger partial charge in [-0.25, -0.2) is 13.4 Å². The minimum absolute atomic E-state index is 0.0125. The van der Waals surface area contributed by atoms with Gasteiger partial charge < -0.3 is 10.2 Å². The Morgan fingerprint density at radius 2 is 1.97 bits per heavy atom. The maximum absolute atomic E-state index is 13.3. The molecule has 0 radical (unpaired) electrons. The molecule has 0 bridgehead atoms. The van der Waals surface area contributed by atoms with Crippen LogP contribution < -0.4 is 15.8 Å². The number of carbonyl (C=O) groups excluding carboxylic acids is 1. The number of nitriles is 1. The van der Waals surface area contributed by atoms with Crippen molar-refractivity contribution in [1.29, 1.82) is 5.26 Å². The molecule has 4 heterocycles. The van der Waals surface area contributed by atoms with Crippen LogP contribution in [0.15, 0.2) is 34.8 Å². The Morgan fingerprint density at radius 3 is 2.62 bits per heavy atom. The van der Waals surface area contributed by atoms with E-state index in [2.05, 4.69) is 5.32 Å². The summed E-state index contributed by atoms with van der Waals surface area (Å²) in [5.41, 5.74) is 0.0633. The van der Waals surface area contributed by atoms with Crippen molar-refractivity contribution in [2.75, 3.05) is 29.5 Å². The number of carbonyl (C=O) groups is 1. The second-order valence-electron chi connectivity index (χ2n) is 8.23. The summed E-state index contributed by atoms with van der Waals surface area (Å²) in [6.07, 6.45) is 7.35. The van der Waals surface area contributed by atoms with Crippen molar-refractivity contribution in [3.05, 3.63) is 45.9 Å². The van der Waals surface area contributed by atoms with Crippen LogP contribution in [0.25, 0.3) is 11.7 Å². The zero-order valence-electron chi connectivity index (χ0n) is 17.7. The topological polar surface area (TPSA) is 125 Å². The van der Waals surface area contributed by atoms with Crippen LogP contribution in [0.2, 0.25) is 0 Å². The molecule has 0 unspecified atom stereocenters. The van der Waals surface area contributed by atoms with E-state index in [4.69, 9.17) is 4.98 Å². The molecule has 1 N–H and O–H groups in total. The number of rotatable bonds is 4. The number of pyridine rings is 1. The molecule has 2 aromatic rings. The normalized spacial score (nSPS) is 21.2. The van der Waals surface area contributed by atoms with Crippen molar-refractivity contribution in [1.82, 2.24) is 14.7 Å². The lowest BCUT2D eigenvalue weighted by Gasteiger charge is -2.23. The first-order valence-corrected chi connectivity index (χ1v) is 12.6. The van der Waals surface area contributed by atoms with Crippen molar-refractivity contribution >= 4 is 33.3 Å². The van der Waals surface area contributed by atoms with Gasteiger partial charge in [-0.3, -0.25) is 14.0 Å². The number of fused-ring (bicyclic) bond motifs is 1. The molecule has 2 aromatic heterocycles. The predicted molar refractivity (Wildman–Crippen MR) is 121 cm³/mol. The Hall–Kier alpha value is -3.19. The van der Waals surface area contributed by atoms with Crippen LogP contribution in [-0.4, -0.2) is 54.3 Å². The van der Waals surface area contributed by atoms with Gasteiger partial charge in [-0.2, -0.15) is 5.26 Å². The highest BCUT2D eigenvalue weighted by atomic mass is 32.2. The van der Waals surface area contributed by atoms with E-state index in [-0.39, 0.29) is 28.2 Å². The minimum atomic E-state index is -3.18. The molecule has 0 aliphatic carbocycles. The molecule has 2 fully saturated rings. The van der Waals surface area contributed by atoms with Crippen molar-refractivity contribution in [2.45, 2.75) is 38.1 Å². The van der Waals surface area contributed by atoms with Gasteiger partial charge in [0.2, 0.25) is 0 Å². The molecule has 32 heavy (non-hydrogen) atoms. The third-order valence-electron chi connectivity index (χ3n) is 5.88. The Labute approximate surface area is 186 Å². The summed E-state index contributed by atoms with van der Waals surface area (Å²) in [5, 5.41) is 12.3. The van der Waals surface area contributed by atoms with Gasteiger partial charge >= 0.3 is 0 Å². The number of nitrogens with zero attached hydrogens (tertiary/aromatic N) is 4. The maximum atomic E-state index is 13.3. The van der Waals surface area contributed by atoms with E-state index in [1.165, 1.54) is 10.5 Å². The van der Waals surface area contributed by atoms with Gasteiger partial charge in [-0.1, -0.05) is 18.9 Å². The Balaban J connectivity index is 1.75. The highest BCUT2D eigenvalue weighted by molar-refractivity contribution is 7.91. The van der Waals surface area contributed by atoms with Crippen molar-refractivity contribution in [3.8, 4) is 6.07 Å². The molecule has 2 aliphatic heterocycles. The van der Waals surface area contributed by atoms with E-state index in [1.807, 2.05) is 11.0 Å². The van der Waals surface area contributed by atoms with Crippen LogP contribution >= 0.6 is 0 Å². The lowest BCUT2D eigenvalue weighted by molar-refractivity contribution is -0.117. The molecular weight excluding hydrogens is 430 g/mol. The molecule has 2 saturated heterocycles. The molecular formula is C22H25N5O4S. The van der Waals surface area contributed by atoms with Crippen LogP contribution in [0.4, 0.5) is 5.82 Å². The van der Waals surface area contributed by atoms with Crippen molar-refractivity contribution < 1.29 is 13.2 Å². The Kier molecular flexibility index (Phi) is 6.28. The molecule has 168 valence electrons. The summed E-state index contributed by atoms with van der Waals surface area (Å²) >= 11 is 0. The van der Waals surface area contributed by atoms with E-state index < -0.39 is 21.8 Å². The Morgan fingerprint density at radius 1 is 1.22 bits per heavy atom. The molecule has 2 aliphatic rings. The van der Waals surface area contributed by atoms with E-state index >= 15 is 0 Å². The van der Waals surface area contributed by atoms with Crippen LogP contribution in [0, 0.1) is 11.3 Å². The summed E-state index contributed by atoms with van der Waals surface area (Å²) in [6.45, 7) is 1.48. The van der Waals surface area contributed by atoms with Gasteiger partial charge in [0.05, 0.1) is 17.1 Å². The first-order valence-electron chi connectivity index (χ1n) is 10.8. The predicted octanol–water partition coefficient (Wildman–Crippen LogP) is 1.29. The minimum Gasteiger partial charge on any atom is -0.356 e. The van der Waals surface area contributed by atoms with Crippen LogP contribution in [0.1, 0.15) is 37.7 Å². The summed E-state index contributed by atoms with van der Waals surface area (Å²) < 4.78 is 24.8. The number of sulfone groups is 1. The Bertz CT molecular complexity index is 1270. The number of nitrogens with one attached hydrogen (secondary N) is 1. The molecule has 10 heteroatoms. The van der Waals surface area contributed by atoms with Gasteiger partial charge in [0, 0.05) is 25.3 Å². The van der Waals surface area contributed by atoms with Crippen molar-refractivity contribution in [3.63, 3.8) is 0 Å². The van der Waals surface area contributed by atoms with Gasteiger partial charge in [-0.05, 0) is 37.5 Å². The zero-order valence-corrected chi connectivity index (χ0v) is 18.5. The fourth-order valence-corrected chi connectivity index (χ4v) is 5.88. The lowest BCUT2D eigenvalue weighted by Crippen LogP contribution is -2.36. The largest absolute Gasteiger partial charge is 0.356 e. The third kappa shape index (κ3) is 4.67. The van der Waals surface area contributed by atoms with Crippen LogP contribution in [-0.2, 0) is 14.6 Å². The van der Waals surface area contributed by atoms with Gasteiger partial charge in [0.25, 0.3) is 11.5 Å². The highest BCUT2D eigenvalue weighted by Gasteiger charge is 2.30. The standard InChI is InChI=1S/C22H25N5O4S/c23-14-16(21(28)24-17-8-12-32(30,31)15-17)13-18-20(26-9-4-1-2-5-10-26)25-19-7-3-6-11-27(19)22(18)29/h3,6-7,11,13,17H,1-2,4-5,8-10,12,15H2,(H,24,28)/b16-13+/t17-/m0/s1. The number of hydrogen-bond donors (Lipinski definition) is 1. The first kappa shape index (κ1) is 22.0. The molecule has 4 rings (SSSR count). The SMILES string of the molecule is N#C/C(=C\c1c(N2CCCCCC2)nc2ccccn2c1=O)C(=O)N[C@H]1CCS(=O)(=O)C1. The molecule has 1 amide bonds. The number of aromatic nitrogens is 2. The van der Waals surface area contributed by atoms with E-state index in [1.54, 1.807) is 24.4 Å². The fraction of sp³-hybridized carbons (Fsp3) is 0.455. The molecule has 1 atom stereocenters. The highest BCUT2D eigenvalue weighted by Crippen LogP contribution is 2.23. The van der Waals surface area contributed by atoms with Gasteiger partial charge in [0.15, 0.2) is 9.84 Å². The number of anilines is 1. The monoisotopic (exact) mass is 455 g/mol. The summed E-state index contributed by atoms with van der Waals surface area (Å²) in [5.74, 6) is -0.351. The molecule has 0 spiro atoms. The van der Waals surface area contributed by atoms with Gasteiger partial charge in [-0.15, -0.1) is 0 Å². The van der Waals surface area contributed by atoms with Crippen LogP contribution in [0.3, 0.4) is 0 Å². The van der Waals surface area contributed by atoms with E-state index in [0.29, 0.717) is 17.9 Å². The number of amides is 1. The third-order valence-corrected chi connectivity index (χ3v) is 7.64. The molecule has 0 aromatic carbocycles. The van der Waals surface area contributed by atoms with Crippen LogP contribution in [0.5, 0.6) is 0 Å². The second-order valence-corrected chi connectivity index (χ2v) is 10.5. The molecule has 9 nitrogen and oxygen atoms in total. The smallest absolute Gasteiger partial charge is 0.267 e. The zero-order chi connectivity index (χ0) is 22.7. The lowest BCUT2D eigenvalue weighted by atomic mass is 10.1. The van der Waals surface area contributed by atoms with E-state index in [9.17, 15) is 23.3 Å².